The van der Waals surface area contributed by atoms with Crippen molar-refractivity contribution >= 4 is 33.2 Å². The van der Waals surface area contributed by atoms with Gasteiger partial charge in [0, 0.05) is 49.2 Å². The van der Waals surface area contributed by atoms with Gasteiger partial charge in [-0.1, -0.05) is 12.0 Å². The number of halogens is 2. The second kappa shape index (κ2) is 9.93. The summed E-state index contributed by atoms with van der Waals surface area (Å²) in [5.74, 6) is 1.28. The van der Waals surface area contributed by atoms with Crippen LogP contribution in [-0.4, -0.2) is 45.2 Å². The van der Waals surface area contributed by atoms with E-state index < -0.39 is 11.6 Å². The number of anilines is 2. The molecular formula is C30H24F2N6O2. The summed E-state index contributed by atoms with van der Waals surface area (Å²) in [7, 11) is 3.67. The molecule has 1 fully saturated rings. The van der Waals surface area contributed by atoms with Crippen molar-refractivity contribution in [3.8, 4) is 35.4 Å². The fraction of sp³-hybridized carbons (Fsp3) is 0.200. The minimum absolute atomic E-state index is 0.0235. The Kier molecular flexibility index (Phi) is 6.27. The van der Waals surface area contributed by atoms with Crippen molar-refractivity contribution in [1.82, 2.24) is 19.9 Å². The van der Waals surface area contributed by atoms with Crippen LogP contribution in [0.2, 0.25) is 0 Å². The molecule has 0 atom stereocenters. The molecule has 1 saturated carbocycles. The molecule has 0 amide bonds. The standard InChI is InChI=1S/C30H24F2N6O2/c1-4-21-24(31)8-5-16-11-20(39)13-22(25(16)21)27-26(32)28-23(29(36-27)38(3)19-6-7-19)14-35-30(37-28)40-15-18-12-17(33-2)9-10-34-18/h1,5,8-14,19,39H,6-7,15H2,2-3H3,(H,33,34). The van der Waals surface area contributed by atoms with Gasteiger partial charge in [-0.3, -0.25) is 4.98 Å². The minimum atomic E-state index is -0.773. The molecular weight excluding hydrogens is 514 g/mol. The zero-order valence-corrected chi connectivity index (χ0v) is 21.7. The molecule has 0 aliphatic heterocycles. The lowest BCUT2D eigenvalue weighted by Crippen LogP contribution is -2.22. The first-order valence-corrected chi connectivity index (χ1v) is 12.6. The van der Waals surface area contributed by atoms with Gasteiger partial charge in [0.2, 0.25) is 0 Å². The third-order valence-corrected chi connectivity index (χ3v) is 6.98. The van der Waals surface area contributed by atoms with Crippen LogP contribution < -0.4 is 15.0 Å². The van der Waals surface area contributed by atoms with E-state index in [1.54, 1.807) is 13.2 Å². The second-order valence-electron chi connectivity index (χ2n) is 9.59. The zero-order valence-electron chi connectivity index (χ0n) is 21.7. The molecule has 0 bridgehead atoms. The van der Waals surface area contributed by atoms with E-state index in [1.807, 2.05) is 24.1 Å². The quantitative estimate of drug-likeness (QED) is 0.265. The summed E-state index contributed by atoms with van der Waals surface area (Å²) in [4.78, 5) is 19.6. The van der Waals surface area contributed by atoms with Crippen molar-refractivity contribution in [2.45, 2.75) is 25.5 Å². The highest BCUT2D eigenvalue weighted by molar-refractivity contribution is 6.03. The Labute approximate surface area is 228 Å². The lowest BCUT2D eigenvalue weighted by Gasteiger charge is -2.21. The Hall–Kier alpha value is -5.04. The highest BCUT2D eigenvalue weighted by Crippen LogP contribution is 2.41. The van der Waals surface area contributed by atoms with Gasteiger partial charge in [-0.25, -0.2) is 18.7 Å². The van der Waals surface area contributed by atoms with Crippen molar-refractivity contribution in [2.24, 2.45) is 0 Å². The first-order chi connectivity index (χ1) is 19.4. The third-order valence-electron chi connectivity index (χ3n) is 6.98. The van der Waals surface area contributed by atoms with Crippen molar-refractivity contribution in [3.05, 3.63) is 71.7 Å². The Balaban J connectivity index is 1.54. The van der Waals surface area contributed by atoms with E-state index >= 15 is 4.39 Å². The first kappa shape index (κ1) is 25.2. The van der Waals surface area contributed by atoms with Crippen LogP contribution in [0.5, 0.6) is 11.8 Å². The number of fused-ring (bicyclic) bond motifs is 2. The van der Waals surface area contributed by atoms with Gasteiger partial charge in [-0.2, -0.15) is 4.98 Å². The lowest BCUT2D eigenvalue weighted by atomic mass is 9.95. The molecule has 40 heavy (non-hydrogen) atoms. The highest BCUT2D eigenvalue weighted by atomic mass is 19.1. The molecule has 0 saturated heterocycles. The monoisotopic (exact) mass is 538 g/mol. The van der Waals surface area contributed by atoms with Crippen LogP contribution in [0.1, 0.15) is 24.1 Å². The Morgan fingerprint density at radius 1 is 1.15 bits per heavy atom. The number of terminal acetylenes is 1. The minimum Gasteiger partial charge on any atom is -0.508 e. The fourth-order valence-corrected chi connectivity index (χ4v) is 4.78. The largest absolute Gasteiger partial charge is 0.508 e. The lowest BCUT2D eigenvalue weighted by molar-refractivity contribution is 0.277. The summed E-state index contributed by atoms with van der Waals surface area (Å²) in [5, 5.41) is 14.6. The molecule has 0 spiro atoms. The first-order valence-electron chi connectivity index (χ1n) is 12.6. The maximum Gasteiger partial charge on any atom is 0.317 e. The van der Waals surface area contributed by atoms with Gasteiger partial charge >= 0.3 is 6.01 Å². The Morgan fingerprint density at radius 3 is 2.73 bits per heavy atom. The van der Waals surface area contributed by atoms with Crippen LogP contribution in [0.25, 0.3) is 32.9 Å². The molecule has 200 valence electrons. The van der Waals surface area contributed by atoms with Gasteiger partial charge in [-0.15, -0.1) is 6.42 Å². The van der Waals surface area contributed by atoms with Gasteiger partial charge < -0.3 is 20.1 Å². The molecule has 0 radical (unpaired) electrons. The van der Waals surface area contributed by atoms with E-state index in [2.05, 4.69) is 31.2 Å². The molecule has 1 aliphatic rings. The summed E-state index contributed by atoms with van der Waals surface area (Å²) < 4.78 is 36.9. The Morgan fingerprint density at radius 2 is 1.98 bits per heavy atom. The van der Waals surface area contributed by atoms with Crippen molar-refractivity contribution in [1.29, 1.82) is 0 Å². The number of phenolic OH excluding ortho intramolecular Hbond substituents is 1. The highest BCUT2D eigenvalue weighted by Gasteiger charge is 2.31. The summed E-state index contributed by atoms with van der Waals surface area (Å²) >= 11 is 0. The molecule has 1 aliphatic carbocycles. The van der Waals surface area contributed by atoms with Gasteiger partial charge in [0.05, 0.1) is 16.6 Å². The number of ether oxygens (including phenoxy) is 1. The van der Waals surface area contributed by atoms with Crippen molar-refractivity contribution in [2.75, 3.05) is 24.3 Å². The predicted molar refractivity (Wildman–Crippen MR) is 149 cm³/mol. The second-order valence-corrected chi connectivity index (χ2v) is 9.59. The number of pyridine rings is 2. The molecule has 10 heteroatoms. The molecule has 0 unspecified atom stereocenters. The average molecular weight is 539 g/mol. The summed E-state index contributed by atoms with van der Waals surface area (Å²) in [6, 6.07) is 9.31. The third kappa shape index (κ3) is 4.45. The van der Waals surface area contributed by atoms with E-state index in [0.717, 1.165) is 18.5 Å². The summed E-state index contributed by atoms with van der Waals surface area (Å²) in [6.07, 6.45) is 10.7. The van der Waals surface area contributed by atoms with Gasteiger partial charge in [0.15, 0.2) is 5.82 Å². The van der Waals surface area contributed by atoms with Crippen LogP contribution in [0, 0.1) is 24.0 Å². The zero-order chi connectivity index (χ0) is 28.0. The van der Waals surface area contributed by atoms with Crippen LogP contribution in [0.3, 0.4) is 0 Å². The normalized spacial score (nSPS) is 12.9. The molecule has 6 rings (SSSR count). The summed E-state index contributed by atoms with van der Waals surface area (Å²) in [5.41, 5.74) is 1.46. The average Bonchev–Trinajstić information content (AvgIpc) is 3.82. The maximum atomic E-state index is 16.4. The van der Waals surface area contributed by atoms with E-state index in [0.29, 0.717) is 22.3 Å². The SMILES string of the molecule is C#Cc1c(F)ccc2cc(O)cc(-c3nc(N(C)C4CC4)c4cnc(OCc5cc(NC)ccn5)nc4c3F)c12. The number of aromatic hydroxyl groups is 1. The molecule has 3 aromatic heterocycles. The number of benzene rings is 2. The van der Waals surface area contributed by atoms with Gasteiger partial charge in [-0.05, 0) is 48.6 Å². The van der Waals surface area contributed by atoms with E-state index in [1.165, 1.54) is 30.5 Å². The number of nitrogens with zero attached hydrogens (tertiary/aromatic N) is 5. The predicted octanol–water partition coefficient (Wildman–Crippen LogP) is 5.42. The van der Waals surface area contributed by atoms with Gasteiger partial charge in [0.25, 0.3) is 0 Å². The number of hydrogen-bond donors (Lipinski definition) is 2. The molecule has 8 nitrogen and oxygen atoms in total. The van der Waals surface area contributed by atoms with E-state index in [4.69, 9.17) is 11.2 Å². The van der Waals surface area contributed by atoms with Crippen molar-refractivity contribution < 1.29 is 18.6 Å². The van der Waals surface area contributed by atoms with E-state index in [9.17, 15) is 9.50 Å². The number of nitrogens with one attached hydrogen (secondary N) is 1. The van der Waals surface area contributed by atoms with Crippen LogP contribution in [0.4, 0.5) is 20.3 Å². The number of phenols is 1. The number of aromatic nitrogens is 4. The maximum absolute atomic E-state index is 16.4. The molecule has 2 N–H and O–H groups in total. The fourth-order valence-electron chi connectivity index (χ4n) is 4.78. The van der Waals surface area contributed by atoms with Crippen LogP contribution in [0.15, 0.2) is 48.8 Å². The van der Waals surface area contributed by atoms with Crippen LogP contribution in [-0.2, 0) is 6.61 Å². The number of rotatable bonds is 7. The van der Waals surface area contributed by atoms with Crippen molar-refractivity contribution in [3.63, 3.8) is 0 Å². The molecule has 2 aromatic carbocycles. The van der Waals surface area contributed by atoms with Gasteiger partial charge in [0.1, 0.15) is 35.2 Å². The Bertz CT molecular complexity index is 1830. The molecule has 5 aromatic rings. The molecule has 3 heterocycles. The summed E-state index contributed by atoms with van der Waals surface area (Å²) in [6.45, 7) is 0.0669. The topological polar surface area (TPSA) is 96.3 Å². The van der Waals surface area contributed by atoms with E-state index in [-0.39, 0.29) is 52.1 Å². The number of hydrogen-bond acceptors (Lipinski definition) is 8. The van der Waals surface area contributed by atoms with Crippen LogP contribution >= 0.6 is 0 Å². The smallest absolute Gasteiger partial charge is 0.317 e.